The molecular weight excluding hydrogens is 369 g/mol. The number of amides is 1. The Labute approximate surface area is 162 Å². The minimum Gasteiger partial charge on any atom is -0.493 e. The summed E-state index contributed by atoms with van der Waals surface area (Å²) >= 11 is 1.70. The SMILES string of the molecule is COc1cc(F)ccc1O[C@@H]1CN(C(=O)CCCc2cccs2)CC[C@H]1O. The third-order valence-corrected chi connectivity index (χ3v) is 5.61. The third kappa shape index (κ3) is 5.20. The van der Waals surface area contributed by atoms with Gasteiger partial charge >= 0.3 is 0 Å². The lowest BCUT2D eigenvalue weighted by molar-refractivity contribution is -0.136. The summed E-state index contributed by atoms with van der Waals surface area (Å²) in [6, 6.07) is 8.08. The molecule has 7 heteroatoms. The van der Waals surface area contributed by atoms with Gasteiger partial charge in [0.05, 0.1) is 19.8 Å². The second kappa shape index (κ2) is 9.19. The predicted octanol–water partition coefficient (Wildman–Crippen LogP) is 3.26. The summed E-state index contributed by atoms with van der Waals surface area (Å²) in [5.41, 5.74) is 0. The molecule has 1 amide bonds. The number of hydrogen-bond acceptors (Lipinski definition) is 5. The van der Waals surface area contributed by atoms with Crippen molar-refractivity contribution in [3.63, 3.8) is 0 Å². The van der Waals surface area contributed by atoms with Crippen LogP contribution in [0.4, 0.5) is 4.39 Å². The average Bonchev–Trinajstić information content (AvgIpc) is 3.18. The Hall–Kier alpha value is -2.12. The van der Waals surface area contributed by atoms with E-state index < -0.39 is 18.0 Å². The molecule has 2 aromatic rings. The number of halogens is 1. The van der Waals surface area contributed by atoms with E-state index in [-0.39, 0.29) is 11.7 Å². The first-order valence-electron chi connectivity index (χ1n) is 9.05. The fourth-order valence-electron chi connectivity index (χ4n) is 3.18. The Balaban J connectivity index is 1.56. The van der Waals surface area contributed by atoms with Gasteiger partial charge in [0, 0.05) is 23.9 Å². The maximum atomic E-state index is 13.3. The number of rotatable bonds is 7. The summed E-state index contributed by atoms with van der Waals surface area (Å²) in [6.45, 7) is 0.818. The van der Waals surface area contributed by atoms with Crippen LogP contribution >= 0.6 is 11.3 Å². The fourth-order valence-corrected chi connectivity index (χ4v) is 3.93. The molecule has 0 aliphatic carbocycles. The lowest BCUT2D eigenvalue weighted by atomic mass is 10.0. The van der Waals surface area contributed by atoms with E-state index in [9.17, 15) is 14.3 Å². The molecule has 1 aliphatic rings. The zero-order valence-electron chi connectivity index (χ0n) is 15.3. The van der Waals surface area contributed by atoms with E-state index in [1.807, 2.05) is 11.4 Å². The van der Waals surface area contributed by atoms with Crippen molar-refractivity contribution in [2.24, 2.45) is 0 Å². The lowest BCUT2D eigenvalue weighted by Crippen LogP contribution is -2.51. The summed E-state index contributed by atoms with van der Waals surface area (Å²) < 4.78 is 24.3. The molecule has 2 atom stereocenters. The normalized spacial score (nSPS) is 19.7. The van der Waals surface area contributed by atoms with Crippen LogP contribution in [0.1, 0.15) is 24.1 Å². The van der Waals surface area contributed by atoms with Gasteiger partial charge in [0.25, 0.3) is 0 Å². The number of benzene rings is 1. The molecule has 1 aromatic heterocycles. The van der Waals surface area contributed by atoms with Crippen LogP contribution in [0.3, 0.4) is 0 Å². The van der Waals surface area contributed by atoms with Crippen molar-refractivity contribution in [2.45, 2.75) is 37.9 Å². The quantitative estimate of drug-likeness (QED) is 0.785. The van der Waals surface area contributed by atoms with Gasteiger partial charge in [-0.2, -0.15) is 0 Å². The van der Waals surface area contributed by atoms with Gasteiger partial charge in [-0.25, -0.2) is 4.39 Å². The van der Waals surface area contributed by atoms with E-state index in [2.05, 4.69) is 6.07 Å². The van der Waals surface area contributed by atoms with Gasteiger partial charge in [0.15, 0.2) is 11.5 Å². The highest BCUT2D eigenvalue weighted by Crippen LogP contribution is 2.30. The van der Waals surface area contributed by atoms with Crippen molar-refractivity contribution in [1.82, 2.24) is 4.90 Å². The zero-order chi connectivity index (χ0) is 19.2. The molecule has 1 fully saturated rings. The first-order valence-corrected chi connectivity index (χ1v) is 9.93. The molecule has 27 heavy (non-hydrogen) atoms. The minimum atomic E-state index is -0.685. The molecule has 1 saturated heterocycles. The van der Waals surface area contributed by atoms with Crippen LogP contribution < -0.4 is 9.47 Å². The number of aryl methyl sites for hydroxylation is 1. The number of aliphatic hydroxyl groups is 1. The van der Waals surface area contributed by atoms with E-state index in [0.717, 1.165) is 12.8 Å². The molecule has 146 valence electrons. The Morgan fingerprint density at radius 2 is 2.22 bits per heavy atom. The van der Waals surface area contributed by atoms with E-state index >= 15 is 0 Å². The maximum Gasteiger partial charge on any atom is 0.222 e. The number of hydrogen-bond donors (Lipinski definition) is 1. The van der Waals surface area contributed by atoms with Crippen LogP contribution in [0.15, 0.2) is 35.7 Å². The summed E-state index contributed by atoms with van der Waals surface area (Å²) in [5, 5.41) is 12.3. The number of likely N-dealkylation sites (tertiary alicyclic amines) is 1. The van der Waals surface area contributed by atoms with E-state index in [4.69, 9.17) is 9.47 Å². The number of aliphatic hydroxyl groups excluding tert-OH is 1. The highest BCUT2D eigenvalue weighted by molar-refractivity contribution is 7.09. The van der Waals surface area contributed by atoms with Crippen LogP contribution in [-0.4, -0.2) is 48.3 Å². The van der Waals surface area contributed by atoms with Gasteiger partial charge in [-0.1, -0.05) is 6.07 Å². The number of thiophene rings is 1. The third-order valence-electron chi connectivity index (χ3n) is 4.67. The predicted molar refractivity (Wildman–Crippen MR) is 102 cm³/mol. The number of ether oxygens (including phenoxy) is 2. The average molecular weight is 393 g/mol. The lowest BCUT2D eigenvalue weighted by Gasteiger charge is -2.36. The Bertz CT molecular complexity index is 752. The van der Waals surface area contributed by atoms with Crippen LogP contribution in [0.2, 0.25) is 0 Å². The van der Waals surface area contributed by atoms with Crippen molar-refractivity contribution in [1.29, 1.82) is 0 Å². The Morgan fingerprint density at radius 1 is 1.37 bits per heavy atom. The number of nitrogens with zero attached hydrogens (tertiary/aromatic N) is 1. The van der Waals surface area contributed by atoms with E-state index in [1.54, 1.807) is 16.2 Å². The topological polar surface area (TPSA) is 59.0 Å². The number of carbonyl (C=O) groups is 1. The summed E-state index contributed by atoms with van der Waals surface area (Å²) in [4.78, 5) is 15.5. The monoisotopic (exact) mass is 393 g/mol. The van der Waals surface area contributed by atoms with Crippen LogP contribution in [0, 0.1) is 5.82 Å². The molecule has 2 heterocycles. The molecule has 0 radical (unpaired) electrons. The van der Waals surface area contributed by atoms with Gasteiger partial charge in [-0.15, -0.1) is 11.3 Å². The first kappa shape index (κ1) is 19.6. The first-order chi connectivity index (χ1) is 13.1. The smallest absolute Gasteiger partial charge is 0.222 e. The van der Waals surface area contributed by atoms with Crippen molar-refractivity contribution < 1.29 is 23.8 Å². The molecule has 1 aromatic carbocycles. The van der Waals surface area contributed by atoms with Gasteiger partial charge in [0.2, 0.25) is 5.91 Å². The van der Waals surface area contributed by atoms with Crippen molar-refractivity contribution in [3.05, 3.63) is 46.4 Å². The van der Waals surface area contributed by atoms with Crippen LogP contribution in [-0.2, 0) is 11.2 Å². The van der Waals surface area contributed by atoms with E-state index in [1.165, 1.54) is 30.2 Å². The molecule has 1 aliphatic heterocycles. The van der Waals surface area contributed by atoms with Gasteiger partial charge in [0.1, 0.15) is 11.9 Å². The van der Waals surface area contributed by atoms with E-state index in [0.29, 0.717) is 31.7 Å². The number of carbonyl (C=O) groups excluding carboxylic acids is 1. The fraction of sp³-hybridized carbons (Fsp3) is 0.450. The van der Waals surface area contributed by atoms with Crippen LogP contribution in [0.25, 0.3) is 0 Å². The number of piperidine rings is 1. The summed E-state index contributed by atoms with van der Waals surface area (Å²) in [5.74, 6) is 0.264. The Morgan fingerprint density at radius 3 is 2.96 bits per heavy atom. The van der Waals surface area contributed by atoms with Crippen molar-refractivity contribution in [3.8, 4) is 11.5 Å². The Kier molecular flexibility index (Phi) is 6.68. The number of methoxy groups -OCH3 is 1. The molecule has 0 saturated carbocycles. The molecule has 3 rings (SSSR count). The molecular formula is C20H24FNO4S. The summed E-state index contributed by atoms with van der Waals surface area (Å²) in [7, 11) is 1.43. The molecule has 1 N–H and O–H groups in total. The minimum absolute atomic E-state index is 0.0677. The van der Waals surface area contributed by atoms with Crippen molar-refractivity contribution >= 4 is 17.2 Å². The second-order valence-corrected chi connectivity index (χ2v) is 7.61. The van der Waals surface area contributed by atoms with Gasteiger partial charge in [-0.3, -0.25) is 4.79 Å². The van der Waals surface area contributed by atoms with Crippen LogP contribution in [0.5, 0.6) is 11.5 Å². The van der Waals surface area contributed by atoms with Gasteiger partial charge < -0.3 is 19.5 Å². The highest BCUT2D eigenvalue weighted by Gasteiger charge is 2.32. The second-order valence-electron chi connectivity index (χ2n) is 6.58. The van der Waals surface area contributed by atoms with Crippen molar-refractivity contribution in [2.75, 3.05) is 20.2 Å². The largest absolute Gasteiger partial charge is 0.493 e. The zero-order valence-corrected chi connectivity index (χ0v) is 16.1. The molecule has 0 unspecified atom stereocenters. The molecule has 0 spiro atoms. The molecule has 0 bridgehead atoms. The molecule has 5 nitrogen and oxygen atoms in total. The summed E-state index contributed by atoms with van der Waals surface area (Å²) in [6.07, 6.45) is 1.36. The maximum absolute atomic E-state index is 13.3. The van der Waals surface area contributed by atoms with Gasteiger partial charge in [-0.05, 0) is 42.8 Å². The standard InChI is InChI=1S/C20H24FNO4S/c1-25-18-12-14(21)7-8-17(18)26-19-13-22(10-9-16(19)23)20(24)6-2-4-15-5-3-11-27-15/h3,5,7-8,11-12,16,19,23H,2,4,6,9-10,13H2,1H3/t16-,19-/m1/s1. The highest BCUT2D eigenvalue weighted by atomic mass is 32.1.